The number of ether oxygens (including phenoxy) is 1. The van der Waals surface area contributed by atoms with Crippen LogP contribution in [0.4, 0.5) is 23.7 Å². The number of halogens is 4. The zero-order valence-corrected chi connectivity index (χ0v) is 26.5. The van der Waals surface area contributed by atoms with Crippen LogP contribution in [0.3, 0.4) is 0 Å². The van der Waals surface area contributed by atoms with E-state index in [9.17, 15) is 27.6 Å². The second kappa shape index (κ2) is 14.5. The summed E-state index contributed by atoms with van der Waals surface area (Å²) in [6, 6.07) is 13.1. The van der Waals surface area contributed by atoms with E-state index in [1.807, 2.05) is 31.2 Å². The Morgan fingerprint density at radius 1 is 1.15 bits per heavy atom. The number of alkyl carbamates (subject to hydrolysis) is 1. The second-order valence-corrected chi connectivity index (χ2v) is 12.0. The van der Waals surface area contributed by atoms with Crippen molar-refractivity contribution in [2.24, 2.45) is 5.92 Å². The van der Waals surface area contributed by atoms with E-state index in [0.29, 0.717) is 54.9 Å². The van der Waals surface area contributed by atoms with Gasteiger partial charge in [0, 0.05) is 35.2 Å². The highest BCUT2D eigenvalue weighted by Crippen LogP contribution is 2.35. The van der Waals surface area contributed by atoms with Crippen molar-refractivity contribution in [3.63, 3.8) is 0 Å². The van der Waals surface area contributed by atoms with Gasteiger partial charge in [0.15, 0.2) is 5.70 Å². The lowest BCUT2D eigenvalue weighted by Crippen LogP contribution is -2.42. The van der Waals surface area contributed by atoms with Crippen molar-refractivity contribution in [3.05, 3.63) is 93.3 Å². The summed E-state index contributed by atoms with van der Waals surface area (Å²) in [6.07, 6.45) is -0.0336. The van der Waals surface area contributed by atoms with Gasteiger partial charge in [0.1, 0.15) is 0 Å². The zero-order chi connectivity index (χ0) is 33.7. The Hall–Kier alpha value is -4.56. The van der Waals surface area contributed by atoms with E-state index in [2.05, 4.69) is 31.3 Å². The minimum Gasteiger partial charge on any atom is -0.453 e. The highest BCUT2D eigenvalue weighted by molar-refractivity contribution is 6.31. The molecule has 3 aromatic rings. The Bertz CT molecular complexity index is 1710. The smallest absolute Gasteiger partial charge is 0.433 e. The zero-order valence-electron chi connectivity index (χ0n) is 25.7. The lowest BCUT2D eigenvalue weighted by Gasteiger charge is -2.26. The number of rotatable bonds is 6. The third kappa shape index (κ3) is 8.24. The van der Waals surface area contributed by atoms with Crippen LogP contribution in [0.25, 0.3) is 11.3 Å². The van der Waals surface area contributed by atoms with Crippen molar-refractivity contribution >= 4 is 29.3 Å². The number of hydrogen-bond acceptors (Lipinski definition) is 8. The van der Waals surface area contributed by atoms with Crippen LogP contribution >= 0.6 is 11.6 Å². The van der Waals surface area contributed by atoms with Crippen LogP contribution in [0.1, 0.15) is 49.8 Å². The van der Waals surface area contributed by atoms with Crippen molar-refractivity contribution in [3.8, 4) is 11.3 Å². The molecule has 15 heteroatoms. The number of hydrogen-bond donors (Lipinski definition) is 4. The molecule has 2 aliphatic heterocycles. The molecule has 3 heterocycles. The molecular formula is C32H35ClF3N7O4. The molecule has 1 aromatic heterocycles. The first-order valence-electron chi connectivity index (χ1n) is 15.1. The summed E-state index contributed by atoms with van der Waals surface area (Å²) in [5, 5.41) is 7.24. The fraction of sp³-hybridized carbons (Fsp3) is 0.375. The summed E-state index contributed by atoms with van der Waals surface area (Å²) < 4.78 is 46.0. The molecule has 0 saturated heterocycles. The molecule has 0 saturated carbocycles. The van der Waals surface area contributed by atoms with E-state index >= 15 is 0 Å². The maximum absolute atomic E-state index is 13.7. The molecule has 3 atom stereocenters. The number of allylic oxidation sites excluding steroid dienone is 1. The summed E-state index contributed by atoms with van der Waals surface area (Å²) in [7, 11) is 1.29. The molecule has 0 unspecified atom stereocenters. The summed E-state index contributed by atoms with van der Waals surface area (Å²) in [5.74, 6) is -0.356. The molecule has 2 amide bonds. The van der Waals surface area contributed by atoms with Crippen LogP contribution in [-0.4, -0.2) is 47.4 Å². The SMILES string of the molecule is COC(=O)NCC[C@H]1Cc2cccc(c2)[C@@H](n2cnc(-c3cc(Cl)ccc3N3C=C(C(F)(F)F)NN3)cc2=O)CCC[C@@H](C)C(=O)N1. The minimum atomic E-state index is -4.60. The minimum absolute atomic E-state index is 0.0817. The van der Waals surface area contributed by atoms with Crippen molar-refractivity contribution in [1.29, 1.82) is 0 Å². The number of carbonyl (C=O) groups is 2. The van der Waals surface area contributed by atoms with Gasteiger partial charge < -0.3 is 15.4 Å². The van der Waals surface area contributed by atoms with Crippen molar-refractivity contribution in [2.45, 2.75) is 57.3 Å². The van der Waals surface area contributed by atoms with Crippen LogP contribution in [0.2, 0.25) is 5.02 Å². The Morgan fingerprint density at radius 3 is 2.68 bits per heavy atom. The second-order valence-electron chi connectivity index (χ2n) is 11.5. The van der Waals surface area contributed by atoms with Gasteiger partial charge in [-0.05, 0) is 55.0 Å². The van der Waals surface area contributed by atoms with Gasteiger partial charge in [0.05, 0.1) is 37.1 Å². The summed E-state index contributed by atoms with van der Waals surface area (Å²) >= 11 is 6.26. The van der Waals surface area contributed by atoms with Gasteiger partial charge in [-0.1, -0.05) is 49.2 Å². The number of methoxy groups -OCH3 is 1. The van der Waals surface area contributed by atoms with Crippen molar-refractivity contribution in [1.82, 2.24) is 31.1 Å². The predicted octanol–water partition coefficient (Wildman–Crippen LogP) is 4.98. The molecule has 2 bridgehead atoms. The third-order valence-corrected chi connectivity index (χ3v) is 8.45. The van der Waals surface area contributed by atoms with Gasteiger partial charge >= 0.3 is 12.3 Å². The average molecular weight is 674 g/mol. The van der Waals surface area contributed by atoms with Gasteiger partial charge in [-0.2, -0.15) is 13.2 Å². The third-order valence-electron chi connectivity index (χ3n) is 8.21. The summed E-state index contributed by atoms with van der Waals surface area (Å²) in [5.41, 5.74) is 5.95. The van der Waals surface area contributed by atoms with Gasteiger partial charge in [-0.15, -0.1) is 5.53 Å². The normalized spacial score (nSPS) is 20.3. The van der Waals surface area contributed by atoms with Gasteiger partial charge in [0.25, 0.3) is 5.56 Å². The lowest BCUT2D eigenvalue weighted by molar-refractivity contribution is -0.125. The molecule has 47 heavy (non-hydrogen) atoms. The lowest BCUT2D eigenvalue weighted by atomic mass is 9.92. The number of fused-ring (bicyclic) bond motifs is 2. The number of nitrogens with one attached hydrogen (secondary N) is 4. The van der Waals surface area contributed by atoms with E-state index in [0.717, 1.165) is 22.3 Å². The molecule has 0 aliphatic carbocycles. The number of nitrogens with zero attached hydrogens (tertiary/aromatic N) is 3. The Balaban J connectivity index is 1.46. The van der Waals surface area contributed by atoms with Crippen LogP contribution < -0.4 is 32.2 Å². The molecule has 250 valence electrons. The number of aromatic nitrogens is 2. The molecule has 2 aromatic carbocycles. The topological polar surface area (TPSA) is 130 Å². The number of carbonyl (C=O) groups excluding carboxylic acids is 2. The van der Waals surface area contributed by atoms with Crippen LogP contribution in [0.15, 0.2) is 71.5 Å². The molecule has 0 radical (unpaired) electrons. The maximum Gasteiger partial charge on any atom is 0.433 e. The van der Waals surface area contributed by atoms with Crippen LogP contribution in [-0.2, 0) is 16.0 Å². The van der Waals surface area contributed by atoms with E-state index < -0.39 is 24.0 Å². The molecule has 2 aliphatic rings. The van der Waals surface area contributed by atoms with Crippen LogP contribution in [0.5, 0.6) is 0 Å². The van der Waals surface area contributed by atoms with E-state index in [1.165, 1.54) is 37.7 Å². The first kappa shape index (κ1) is 33.8. The number of anilines is 1. The van der Waals surface area contributed by atoms with Crippen molar-refractivity contribution < 1.29 is 27.5 Å². The number of hydrazine groups is 2. The summed E-state index contributed by atoms with van der Waals surface area (Å²) in [6.45, 7) is 2.18. The molecule has 4 N–H and O–H groups in total. The number of amides is 2. The maximum atomic E-state index is 13.7. The largest absolute Gasteiger partial charge is 0.453 e. The average Bonchev–Trinajstić information content (AvgIpc) is 3.54. The van der Waals surface area contributed by atoms with E-state index in [4.69, 9.17) is 11.6 Å². The molecule has 0 spiro atoms. The Kier molecular flexibility index (Phi) is 10.4. The van der Waals surface area contributed by atoms with Gasteiger partial charge in [0.2, 0.25) is 5.91 Å². The van der Waals surface area contributed by atoms with Gasteiger partial charge in [-0.25, -0.2) is 9.78 Å². The monoisotopic (exact) mass is 673 g/mol. The summed E-state index contributed by atoms with van der Waals surface area (Å²) in [4.78, 5) is 42.9. The van der Waals surface area contributed by atoms with Crippen molar-refractivity contribution in [2.75, 3.05) is 18.7 Å². The highest BCUT2D eigenvalue weighted by Gasteiger charge is 2.38. The highest BCUT2D eigenvalue weighted by atomic mass is 35.5. The fourth-order valence-electron chi connectivity index (χ4n) is 5.72. The first-order valence-corrected chi connectivity index (χ1v) is 15.5. The number of alkyl halides is 3. The quantitative estimate of drug-likeness (QED) is 0.289. The first-order chi connectivity index (χ1) is 22.4. The van der Waals surface area contributed by atoms with E-state index in [1.54, 1.807) is 4.57 Å². The molecule has 0 fully saturated rings. The van der Waals surface area contributed by atoms with Gasteiger partial charge in [-0.3, -0.25) is 24.6 Å². The molecule has 11 nitrogen and oxygen atoms in total. The Labute approximate surface area is 274 Å². The standard InChI is InChI=1S/C32H35ClF3N7O4/c1-19-5-3-8-26(21-7-4-6-20(13-21)14-23(39-30(19)45)11-12-37-31(46)47-2)42-18-38-25(16-29(42)44)24-15-22(33)9-10-27(24)43-17-28(40-41-43)32(34,35)36/h4,6-7,9-10,13,15-19,23,26,40-41H,3,5,8,11-12,14H2,1-2H3,(H,37,46)(H,39,45)/t19-,23+,26+/m1/s1. The molecular weight excluding hydrogens is 639 g/mol. The van der Waals surface area contributed by atoms with E-state index in [-0.39, 0.29) is 29.1 Å². The Morgan fingerprint density at radius 2 is 1.96 bits per heavy atom. The molecule has 5 rings (SSSR count). The van der Waals surface area contributed by atoms with Crippen LogP contribution in [0, 0.1) is 5.92 Å². The predicted molar refractivity (Wildman–Crippen MR) is 170 cm³/mol. The number of benzene rings is 2. The fourth-order valence-corrected chi connectivity index (χ4v) is 5.89.